The Labute approximate surface area is 161 Å². The van der Waals surface area contributed by atoms with Crippen molar-refractivity contribution in [1.82, 2.24) is 0 Å². The predicted octanol–water partition coefficient (Wildman–Crippen LogP) is 6.67. The maximum atomic E-state index is 2.35. The van der Waals surface area contributed by atoms with Gasteiger partial charge in [-0.25, -0.2) is 0 Å². The molecule has 1 aliphatic rings. The standard InChI is InChI=1S/C27H22/c1-19-14-16-21(17-15-19)27(22-9-7-8-20(2)18-22)25-12-5-3-10-23(25)24-11-4-6-13-26(24)27/h3-18H,1-2H3. The summed E-state index contributed by atoms with van der Waals surface area (Å²) >= 11 is 0. The highest BCUT2D eigenvalue weighted by atomic mass is 14.5. The van der Waals surface area contributed by atoms with Gasteiger partial charge in [0, 0.05) is 0 Å². The molecule has 0 saturated heterocycles. The van der Waals surface area contributed by atoms with Crippen molar-refractivity contribution < 1.29 is 0 Å². The lowest BCUT2D eigenvalue weighted by atomic mass is 9.67. The molecular formula is C27H22. The second kappa shape index (κ2) is 5.96. The highest BCUT2D eigenvalue weighted by Crippen LogP contribution is 2.55. The average molecular weight is 346 g/mol. The third-order valence-electron chi connectivity index (χ3n) is 5.89. The third-order valence-corrected chi connectivity index (χ3v) is 5.89. The molecule has 0 aromatic heterocycles. The fourth-order valence-electron chi connectivity index (χ4n) is 4.71. The van der Waals surface area contributed by atoms with E-state index in [-0.39, 0.29) is 5.41 Å². The van der Waals surface area contributed by atoms with Crippen LogP contribution in [0.2, 0.25) is 0 Å². The molecule has 5 rings (SSSR count). The SMILES string of the molecule is Cc1ccc(C2(c3cccc(C)c3)c3ccccc3-c3ccccc32)cc1. The van der Waals surface area contributed by atoms with Crippen molar-refractivity contribution in [3.8, 4) is 11.1 Å². The Kier molecular flexibility index (Phi) is 3.55. The van der Waals surface area contributed by atoms with Gasteiger partial charge in [-0.2, -0.15) is 0 Å². The van der Waals surface area contributed by atoms with Gasteiger partial charge in [0.2, 0.25) is 0 Å². The van der Waals surface area contributed by atoms with Crippen LogP contribution in [0.1, 0.15) is 33.4 Å². The van der Waals surface area contributed by atoms with E-state index in [1.807, 2.05) is 0 Å². The van der Waals surface area contributed by atoms with Crippen LogP contribution < -0.4 is 0 Å². The maximum absolute atomic E-state index is 2.35. The number of benzene rings is 4. The Morgan fingerprint density at radius 2 is 1.07 bits per heavy atom. The minimum atomic E-state index is -0.271. The number of fused-ring (bicyclic) bond motifs is 3. The molecule has 130 valence electrons. The van der Waals surface area contributed by atoms with Crippen LogP contribution in [0.4, 0.5) is 0 Å². The summed E-state index contributed by atoms with van der Waals surface area (Å²) in [6, 6.07) is 35.8. The molecule has 0 N–H and O–H groups in total. The van der Waals surface area contributed by atoms with E-state index in [1.54, 1.807) is 0 Å². The lowest BCUT2D eigenvalue weighted by molar-refractivity contribution is 0.767. The number of rotatable bonds is 2. The smallest absolute Gasteiger partial charge is 0.0619 e. The summed E-state index contributed by atoms with van der Waals surface area (Å²) in [4.78, 5) is 0. The molecule has 0 nitrogen and oxygen atoms in total. The van der Waals surface area contributed by atoms with E-state index in [0.717, 1.165) is 0 Å². The average Bonchev–Trinajstić information content (AvgIpc) is 3.00. The zero-order chi connectivity index (χ0) is 18.4. The summed E-state index contributed by atoms with van der Waals surface area (Å²) in [7, 11) is 0. The predicted molar refractivity (Wildman–Crippen MR) is 113 cm³/mol. The molecular weight excluding hydrogens is 324 g/mol. The van der Waals surface area contributed by atoms with Gasteiger partial charge < -0.3 is 0 Å². The lowest BCUT2D eigenvalue weighted by Gasteiger charge is -2.34. The van der Waals surface area contributed by atoms with Gasteiger partial charge in [-0.15, -0.1) is 0 Å². The van der Waals surface area contributed by atoms with Crippen LogP contribution in [0.3, 0.4) is 0 Å². The van der Waals surface area contributed by atoms with Crippen molar-refractivity contribution in [3.05, 3.63) is 130 Å². The van der Waals surface area contributed by atoms with Crippen LogP contribution in [0.5, 0.6) is 0 Å². The highest BCUT2D eigenvalue weighted by molar-refractivity contribution is 5.86. The van der Waals surface area contributed by atoms with Crippen LogP contribution >= 0.6 is 0 Å². The molecule has 0 bridgehead atoms. The molecule has 0 atom stereocenters. The zero-order valence-corrected chi connectivity index (χ0v) is 15.7. The van der Waals surface area contributed by atoms with Gasteiger partial charge in [0.25, 0.3) is 0 Å². The second-order valence-corrected chi connectivity index (χ2v) is 7.58. The van der Waals surface area contributed by atoms with Crippen molar-refractivity contribution in [2.75, 3.05) is 0 Å². The van der Waals surface area contributed by atoms with Gasteiger partial charge in [-0.1, -0.05) is 108 Å². The first-order valence-corrected chi connectivity index (χ1v) is 9.55. The van der Waals surface area contributed by atoms with E-state index in [9.17, 15) is 0 Å². The summed E-state index contributed by atoms with van der Waals surface area (Å²) in [5.74, 6) is 0. The fraction of sp³-hybridized carbons (Fsp3) is 0.111. The normalized spacial score (nSPS) is 13.9. The molecule has 0 aliphatic heterocycles. The molecule has 0 saturated carbocycles. The summed E-state index contributed by atoms with van der Waals surface area (Å²) < 4.78 is 0. The van der Waals surface area contributed by atoms with Gasteiger partial charge in [0.05, 0.1) is 5.41 Å². The Morgan fingerprint density at radius 3 is 1.67 bits per heavy atom. The maximum Gasteiger partial charge on any atom is 0.0713 e. The van der Waals surface area contributed by atoms with Crippen molar-refractivity contribution in [2.45, 2.75) is 19.3 Å². The van der Waals surface area contributed by atoms with E-state index in [0.29, 0.717) is 0 Å². The minimum absolute atomic E-state index is 0.271. The molecule has 1 aliphatic carbocycles. The van der Waals surface area contributed by atoms with Gasteiger partial charge >= 0.3 is 0 Å². The fourth-order valence-corrected chi connectivity index (χ4v) is 4.71. The van der Waals surface area contributed by atoms with Crippen LogP contribution in [0, 0.1) is 13.8 Å². The van der Waals surface area contributed by atoms with Crippen molar-refractivity contribution in [2.24, 2.45) is 0 Å². The Hall–Kier alpha value is -3.12. The topological polar surface area (TPSA) is 0 Å². The van der Waals surface area contributed by atoms with E-state index in [1.165, 1.54) is 44.5 Å². The molecule has 0 unspecified atom stereocenters. The Bertz CT molecular complexity index is 1090. The number of hydrogen-bond donors (Lipinski definition) is 0. The molecule has 0 amide bonds. The second-order valence-electron chi connectivity index (χ2n) is 7.58. The first kappa shape index (κ1) is 16.1. The third kappa shape index (κ3) is 2.23. The highest BCUT2D eigenvalue weighted by Gasteiger charge is 2.45. The van der Waals surface area contributed by atoms with E-state index < -0.39 is 0 Å². The van der Waals surface area contributed by atoms with Crippen LogP contribution in [0.25, 0.3) is 11.1 Å². The summed E-state index contributed by atoms with van der Waals surface area (Å²) in [6.07, 6.45) is 0. The molecule has 4 aromatic carbocycles. The summed E-state index contributed by atoms with van der Waals surface area (Å²) in [6.45, 7) is 4.33. The number of aryl methyl sites for hydroxylation is 2. The molecule has 0 radical (unpaired) electrons. The summed E-state index contributed by atoms with van der Waals surface area (Å²) in [5, 5.41) is 0. The monoisotopic (exact) mass is 346 g/mol. The molecule has 0 heteroatoms. The largest absolute Gasteiger partial charge is 0.0713 e. The quantitative estimate of drug-likeness (QED) is 0.335. The van der Waals surface area contributed by atoms with Crippen molar-refractivity contribution in [1.29, 1.82) is 0 Å². The van der Waals surface area contributed by atoms with E-state index >= 15 is 0 Å². The molecule has 0 fully saturated rings. The minimum Gasteiger partial charge on any atom is -0.0619 e. The van der Waals surface area contributed by atoms with Crippen molar-refractivity contribution in [3.63, 3.8) is 0 Å². The Morgan fingerprint density at radius 1 is 0.481 bits per heavy atom. The Balaban J connectivity index is 1.96. The van der Waals surface area contributed by atoms with Crippen molar-refractivity contribution >= 4 is 0 Å². The molecule has 4 aromatic rings. The van der Waals surface area contributed by atoms with Gasteiger partial charge in [-0.05, 0) is 47.2 Å². The molecule has 27 heavy (non-hydrogen) atoms. The van der Waals surface area contributed by atoms with Crippen LogP contribution in [-0.2, 0) is 5.41 Å². The first-order chi connectivity index (χ1) is 13.2. The van der Waals surface area contributed by atoms with E-state index in [2.05, 4.69) is 111 Å². The van der Waals surface area contributed by atoms with Gasteiger partial charge in [0.1, 0.15) is 0 Å². The van der Waals surface area contributed by atoms with Gasteiger partial charge in [0.15, 0.2) is 0 Å². The molecule has 0 spiro atoms. The number of hydrogen-bond acceptors (Lipinski definition) is 0. The van der Waals surface area contributed by atoms with Crippen LogP contribution in [0.15, 0.2) is 97.1 Å². The van der Waals surface area contributed by atoms with E-state index in [4.69, 9.17) is 0 Å². The lowest BCUT2D eigenvalue weighted by Crippen LogP contribution is -2.28. The summed E-state index contributed by atoms with van der Waals surface area (Å²) in [5.41, 5.74) is 10.4. The zero-order valence-electron chi connectivity index (χ0n) is 15.7. The van der Waals surface area contributed by atoms with Gasteiger partial charge in [-0.3, -0.25) is 0 Å². The molecule has 0 heterocycles. The first-order valence-electron chi connectivity index (χ1n) is 9.55. The van der Waals surface area contributed by atoms with Crippen LogP contribution in [-0.4, -0.2) is 0 Å².